The number of carbonyl (C=O) groups is 3. The Hall–Kier alpha value is -2.81. The highest BCUT2D eigenvalue weighted by atomic mass is 35.5. The van der Waals surface area contributed by atoms with E-state index in [0.29, 0.717) is 22.9 Å². The van der Waals surface area contributed by atoms with Crippen LogP contribution in [0.2, 0.25) is 0 Å². The van der Waals surface area contributed by atoms with Crippen molar-refractivity contribution >= 4 is 62.5 Å². The monoisotopic (exact) mass is 514 g/mol. The Kier molecular flexibility index (Phi) is 8.64. The molecular formula is C26H31ClN4O3S. The van der Waals surface area contributed by atoms with Crippen LogP contribution in [-0.4, -0.2) is 53.8 Å². The number of benzene rings is 2. The third-order valence-electron chi connectivity index (χ3n) is 6.22. The summed E-state index contributed by atoms with van der Waals surface area (Å²) in [5.41, 5.74) is 4.04. The molecule has 0 N–H and O–H groups in total. The predicted molar refractivity (Wildman–Crippen MR) is 144 cm³/mol. The maximum absolute atomic E-state index is 13.8. The number of anilines is 2. The van der Waals surface area contributed by atoms with E-state index < -0.39 is 0 Å². The van der Waals surface area contributed by atoms with Crippen molar-refractivity contribution in [2.45, 2.75) is 40.5 Å². The lowest BCUT2D eigenvalue weighted by molar-refractivity contribution is -0.121. The van der Waals surface area contributed by atoms with Crippen molar-refractivity contribution in [1.29, 1.82) is 0 Å². The van der Waals surface area contributed by atoms with Gasteiger partial charge in [-0.3, -0.25) is 24.2 Å². The number of aryl methyl sites for hydroxylation is 2. The zero-order chi connectivity index (χ0) is 24.4. The molecule has 1 aliphatic heterocycles. The first-order chi connectivity index (χ1) is 16.3. The van der Waals surface area contributed by atoms with Crippen molar-refractivity contribution in [3.63, 3.8) is 0 Å². The van der Waals surface area contributed by atoms with E-state index in [4.69, 9.17) is 4.98 Å². The molecule has 3 amide bonds. The molecule has 186 valence electrons. The molecule has 0 aliphatic carbocycles. The largest absolute Gasteiger partial charge is 0.302 e. The smallest absolute Gasteiger partial charge is 0.260 e. The summed E-state index contributed by atoms with van der Waals surface area (Å²) < 4.78 is 1.07. The van der Waals surface area contributed by atoms with E-state index in [1.54, 1.807) is 29.2 Å². The number of nitrogens with zero attached hydrogens (tertiary/aromatic N) is 4. The minimum Gasteiger partial charge on any atom is -0.302 e. The molecule has 1 aromatic heterocycles. The molecule has 9 heteroatoms. The number of thiazole rings is 1. The molecule has 1 saturated heterocycles. The van der Waals surface area contributed by atoms with Crippen LogP contribution in [0.4, 0.5) is 10.8 Å². The molecule has 3 aromatic rings. The number of rotatable bonds is 8. The van der Waals surface area contributed by atoms with Gasteiger partial charge in [-0.1, -0.05) is 37.3 Å². The highest BCUT2D eigenvalue weighted by Crippen LogP contribution is 2.33. The Morgan fingerprint density at radius 3 is 2.37 bits per heavy atom. The second-order valence-electron chi connectivity index (χ2n) is 8.58. The number of aromatic nitrogens is 1. The van der Waals surface area contributed by atoms with Gasteiger partial charge in [-0.15, -0.1) is 12.4 Å². The number of halogens is 1. The van der Waals surface area contributed by atoms with Crippen LogP contribution in [0, 0.1) is 13.8 Å². The topological polar surface area (TPSA) is 73.8 Å². The molecule has 2 heterocycles. The van der Waals surface area contributed by atoms with E-state index in [2.05, 4.69) is 31.7 Å². The number of carbonyl (C=O) groups excluding carboxylic acids is 3. The van der Waals surface area contributed by atoms with Crippen LogP contribution in [0.25, 0.3) is 10.2 Å². The van der Waals surface area contributed by atoms with Crippen LogP contribution in [0.1, 0.15) is 48.2 Å². The summed E-state index contributed by atoms with van der Waals surface area (Å²) >= 11 is 1.52. The maximum atomic E-state index is 13.8. The molecule has 7 nitrogen and oxygen atoms in total. The number of hydrogen-bond acceptors (Lipinski definition) is 6. The van der Waals surface area contributed by atoms with Crippen molar-refractivity contribution in [2.24, 2.45) is 0 Å². The zero-order valence-electron chi connectivity index (χ0n) is 20.5. The first kappa shape index (κ1) is 26.8. The summed E-state index contributed by atoms with van der Waals surface area (Å²) in [5, 5.41) is 0.652. The average molecular weight is 515 g/mol. The molecule has 0 radical (unpaired) electrons. The van der Waals surface area contributed by atoms with Gasteiger partial charge in [-0.05, 0) is 62.3 Å². The molecule has 0 unspecified atom stereocenters. The van der Waals surface area contributed by atoms with E-state index in [1.165, 1.54) is 16.2 Å². The minimum atomic E-state index is -0.231. The van der Waals surface area contributed by atoms with E-state index in [1.807, 2.05) is 13.0 Å². The lowest BCUT2D eigenvalue weighted by Crippen LogP contribution is -2.39. The van der Waals surface area contributed by atoms with E-state index in [9.17, 15) is 14.4 Å². The predicted octanol–water partition coefficient (Wildman–Crippen LogP) is 4.98. The number of fused-ring (bicyclic) bond motifs is 1. The van der Waals surface area contributed by atoms with Gasteiger partial charge in [-0.25, -0.2) is 4.98 Å². The molecule has 1 fully saturated rings. The Morgan fingerprint density at radius 2 is 1.71 bits per heavy atom. The summed E-state index contributed by atoms with van der Waals surface area (Å²) in [7, 11) is 0. The molecular weight excluding hydrogens is 484 g/mol. The first-order valence-electron chi connectivity index (χ1n) is 11.7. The van der Waals surface area contributed by atoms with Crippen molar-refractivity contribution in [2.75, 3.05) is 36.0 Å². The van der Waals surface area contributed by atoms with Gasteiger partial charge in [0, 0.05) is 31.5 Å². The zero-order valence-corrected chi connectivity index (χ0v) is 22.2. The molecule has 0 spiro atoms. The summed E-state index contributed by atoms with van der Waals surface area (Å²) in [6.45, 7) is 11.3. The molecule has 0 saturated carbocycles. The van der Waals surface area contributed by atoms with Gasteiger partial charge in [0.2, 0.25) is 11.8 Å². The fourth-order valence-electron chi connectivity index (χ4n) is 4.34. The van der Waals surface area contributed by atoms with Crippen LogP contribution >= 0.6 is 23.7 Å². The standard InChI is InChI=1S/C26H30N4O3S.ClH/c1-5-28(6-2)12-13-29(26-27-21-15-17(3)14-18(4)24(21)34-26)25(33)19-8-7-9-20(16-19)30-22(31)10-11-23(30)32;/h7-9,14-16H,5-6,10-13H2,1-4H3;1H. The summed E-state index contributed by atoms with van der Waals surface area (Å²) in [4.78, 5) is 48.2. The number of imide groups is 1. The fraction of sp³-hybridized carbons (Fsp3) is 0.385. The van der Waals surface area contributed by atoms with Crippen molar-refractivity contribution in [3.8, 4) is 0 Å². The summed E-state index contributed by atoms with van der Waals surface area (Å²) in [6.07, 6.45) is 0.412. The van der Waals surface area contributed by atoms with Gasteiger partial charge in [0.25, 0.3) is 5.91 Å². The molecule has 0 atom stereocenters. The second-order valence-corrected chi connectivity index (χ2v) is 9.56. The Labute approximate surface area is 216 Å². The highest BCUT2D eigenvalue weighted by Gasteiger charge is 2.31. The van der Waals surface area contributed by atoms with E-state index >= 15 is 0 Å². The van der Waals surface area contributed by atoms with Crippen molar-refractivity contribution in [3.05, 3.63) is 53.1 Å². The third-order valence-corrected chi connectivity index (χ3v) is 7.45. The van der Waals surface area contributed by atoms with Gasteiger partial charge >= 0.3 is 0 Å². The fourth-order valence-corrected chi connectivity index (χ4v) is 5.38. The van der Waals surface area contributed by atoms with Crippen LogP contribution in [0.15, 0.2) is 36.4 Å². The van der Waals surface area contributed by atoms with Crippen LogP contribution < -0.4 is 9.80 Å². The minimum absolute atomic E-state index is 0. The Balaban J connectivity index is 0.00000342. The van der Waals surface area contributed by atoms with Gasteiger partial charge in [0.1, 0.15) is 0 Å². The molecule has 4 rings (SSSR count). The number of amides is 3. The van der Waals surface area contributed by atoms with Gasteiger partial charge < -0.3 is 4.90 Å². The van der Waals surface area contributed by atoms with Crippen molar-refractivity contribution in [1.82, 2.24) is 9.88 Å². The molecule has 0 bridgehead atoms. The highest BCUT2D eigenvalue weighted by molar-refractivity contribution is 7.22. The Morgan fingerprint density at radius 1 is 1.03 bits per heavy atom. The SMILES string of the molecule is CCN(CC)CCN(C(=O)c1cccc(N2C(=O)CCC2=O)c1)c1nc2cc(C)cc(C)c2s1.Cl. The Bertz CT molecular complexity index is 1240. The normalized spacial score (nSPS) is 13.6. The lowest BCUT2D eigenvalue weighted by Gasteiger charge is -2.25. The maximum Gasteiger partial charge on any atom is 0.260 e. The van der Waals surface area contributed by atoms with Crippen LogP contribution in [0.3, 0.4) is 0 Å². The van der Waals surface area contributed by atoms with Crippen molar-refractivity contribution < 1.29 is 14.4 Å². The third kappa shape index (κ3) is 5.55. The molecule has 2 aromatic carbocycles. The second kappa shape index (κ2) is 11.3. The lowest BCUT2D eigenvalue weighted by atomic mass is 10.1. The van der Waals surface area contributed by atoms with Gasteiger partial charge in [0.15, 0.2) is 5.13 Å². The van der Waals surface area contributed by atoms with E-state index in [0.717, 1.165) is 41.0 Å². The summed E-state index contributed by atoms with van der Waals surface area (Å²) in [5.74, 6) is -0.656. The summed E-state index contributed by atoms with van der Waals surface area (Å²) in [6, 6.07) is 10.9. The van der Waals surface area contributed by atoms with E-state index in [-0.39, 0.29) is 43.0 Å². The number of hydrogen-bond donors (Lipinski definition) is 0. The molecule has 35 heavy (non-hydrogen) atoms. The number of likely N-dealkylation sites (N-methyl/N-ethyl adjacent to an activating group) is 1. The first-order valence-corrected chi connectivity index (χ1v) is 12.5. The van der Waals surface area contributed by atoms with Gasteiger partial charge in [-0.2, -0.15) is 0 Å². The van der Waals surface area contributed by atoms with Gasteiger partial charge in [0.05, 0.1) is 15.9 Å². The molecule has 1 aliphatic rings. The quantitative estimate of drug-likeness (QED) is 0.396. The average Bonchev–Trinajstić information content (AvgIpc) is 3.39. The van der Waals surface area contributed by atoms with Crippen LogP contribution in [-0.2, 0) is 9.59 Å². The van der Waals surface area contributed by atoms with Crippen LogP contribution in [0.5, 0.6) is 0 Å².